The zero-order valence-corrected chi connectivity index (χ0v) is 10.5. The molecular formula is C12H15N3S. The van der Waals surface area contributed by atoms with E-state index in [4.69, 9.17) is 5.73 Å². The Morgan fingerprint density at radius 1 is 1.19 bits per heavy atom. The molecule has 1 heterocycles. The summed E-state index contributed by atoms with van der Waals surface area (Å²) in [4.78, 5) is 8.51. The fourth-order valence-corrected chi connectivity index (χ4v) is 2.39. The quantitative estimate of drug-likeness (QED) is 0.838. The molecule has 0 radical (unpaired) electrons. The second-order valence-corrected chi connectivity index (χ2v) is 4.95. The monoisotopic (exact) mass is 233 g/mol. The van der Waals surface area contributed by atoms with Crippen molar-refractivity contribution in [1.82, 2.24) is 9.97 Å². The first-order valence-electron chi connectivity index (χ1n) is 5.13. The van der Waals surface area contributed by atoms with Gasteiger partial charge in [-0.3, -0.25) is 0 Å². The molecule has 0 amide bonds. The second kappa shape index (κ2) is 4.22. The summed E-state index contributed by atoms with van der Waals surface area (Å²) in [5, 5.41) is 0.848. The Kier molecular flexibility index (Phi) is 2.92. The third-order valence-electron chi connectivity index (χ3n) is 2.51. The van der Waals surface area contributed by atoms with Crippen LogP contribution in [0.3, 0.4) is 0 Å². The molecule has 2 rings (SSSR count). The van der Waals surface area contributed by atoms with Crippen molar-refractivity contribution in [3.63, 3.8) is 0 Å². The van der Waals surface area contributed by atoms with E-state index in [0.29, 0.717) is 5.82 Å². The van der Waals surface area contributed by atoms with Crippen LogP contribution in [-0.2, 0) is 0 Å². The highest BCUT2D eigenvalue weighted by Gasteiger charge is 2.07. The van der Waals surface area contributed by atoms with E-state index in [1.54, 1.807) is 11.8 Å². The number of aryl methyl sites for hydroxylation is 3. The van der Waals surface area contributed by atoms with E-state index in [1.165, 1.54) is 16.0 Å². The maximum absolute atomic E-state index is 5.82. The van der Waals surface area contributed by atoms with Gasteiger partial charge in [-0.25, -0.2) is 4.98 Å². The van der Waals surface area contributed by atoms with Crippen LogP contribution >= 0.6 is 11.8 Å². The van der Waals surface area contributed by atoms with Crippen LogP contribution in [0, 0.1) is 20.8 Å². The summed E-state index contributed by atoms with van der Waals surface area (Å²) in [5.41, 5.74) is 8.41. The maximum Gasteiger partial charge on any atom is 0.143 e. The van der Waals surface area contributed by atoms with Gasteiger partial charge >= 0.3 is 0 Å². The highest BCUT2D eigenvalue weighted by atomic mass is 32.2. The fourth-order valence-electron chi connectivity index (χ4n) is 1.46. The third-order valence-corrected chi connectivity index (χ3v) is 3.50. The molecule has 84 valence electrons. The Balaban J connectivity index is 2.27. The molecule has 16 heavy (non-hydrogen) atoms. The average molecular weight is 233 g/mol. The first-order chi connectivity index (χ1) is 7.56. The number of nitrogens with two attached hydrogens (primary N) is 1. The molecule has 4 heteroatoms. The Bertz CT molecular complexity index is 517. The molecule has 0 aliphatic carbocycles. The van der Waals surface area contributed by atoms with E-state index >= 15 is 0 Å². The van der Waals surface area contributed by atoms with Gasteiger partial charge in [-0.15, -0.1) is 0 Å². The molecule has 1 aromatic carbocycles. The summed E-state index contributed by atoms with van der Waals surface area (Å²) in [7, 11) is 0. The van der Waals surface area contributed by atoms with Gasteiger partial charge in [-0.1, -0.05) is 17.8 Å². The molecule has 3 nitrogen and oxygen atoms in total. The number of aromatic nitrogens is 2. The summed E-state index contributed by atoms with van der Waals surface area (Å²) < 4.78 is 0. The SMILES string of the molecule is Cc1nc(Sc2ccc(C)c(C)c2)c(N)[nH]1. The van der Waals surface area contributed by atoms with Gasteiger partial charge in [0.15, 0.2) is 0 Å². The highest BCUT2D eigenvalue weighted by molar-refractivity contribution is 7.99. The number of rotatable bonds is 2. The molecule has 0 aliphatic rings. The molecule has 1 aromatic heterocycles. The van der Waals surface area contributed by atoms with Gasteiger partial charge < -0.3 is 10.7 Å². The Hall–Kier alpha value is -1.42. The van der Waals surface area contributed by atoms with E-state index in [2.05, 4.69) is 42.0 Å². The lowest BCUT2D eigenvalue weighted by Gasteiger charge is -2.03. The van der Waals surface area contributed by atoms with Crippen molar-refractivity contribution in [2.24, 2.45) is 0 Å². The van der Waals surface area contributed by atoms with E-state index in [0.717, 1.165) is 10.9 Å². The van der Waals surface area contributed by atoms with Crippen LogP contribution in [0.15, 0.2) is 28.1 Å². The van der Waals surface area contributed by atoms with E-state index in [-0.39, 0.29) is 0 Å². The van der Waals surface area contributed by atoms with Gasteiger partial charge in [-0.05, 0) is 44.0 Å². The molecular weight excluding hydrogens is 218 g/mol. The zero-order valence-electron chi connectivity index (χ0n) is 9.66. The molecule has 0 saturated carbocycles. The summed E-state index contributed by atoms with van der Waals surface area (Å²) in [6.45, 7) is 6.12. The van der Waals surface area contributed by atoms with Gasteiger partial charge in [0.1, 0.15) is 16.7 Å². The Labute approximate surface area is 99.5 Å². The highest BCUT2D eigenvalue weighted by Crippen LogP contribution is 2.31. The van der Waals surface area contributed by atoms with Crippen LogP contribution in [0.2, 0.25) is 0 Å². The molecule has 0 bridgehead atoms. The first-order valence-corrected chi connectivity index (χ1v) is 5.95. The average Bonchev–Trinajstić information content (AvgIpc) is 2.51. The normalized spacial score (nSPS) is 10.7. The summed E-state index contributed by atoms with van der Waals surface area (Å²) in [6, 6.07) is 6.37. The minimum Gasteiger partial charge on any atom is -0.383 e. The number of benzene rings is 1. The topological polar surface area (TPSA) is 54.7 Å². The van der Waals surface area contributed by atoms with Crippen molar-refractivity contribution in [3.8, 4) is 0 Å². The number of hydrogen-bond donors (Lipinski definition) is 2. The van der Waals surface area contributed by atoms with Gasteiger partial charge in [0, 0.05) is 4.90 Å². The molecule has 0 aliphatic heterocycles. The zero-order chi connectivity index (χ0) is 11.7. The largest absolute Gasteiger partial charge is 0.383 e. The molecule has 0 spiro atoms. The van der Waals surface area contributed by atoms with Crippen molar-refractivity contribution in [2.75, 3.05) is 5.73 Å². The molecule has 0 fully saturated rings. The summed E-state index contributed by atoms with van der Waals surface area (Å²) in [6.07, 6.45) is 0. The first kappa shape index (κ1) is 11.1. The number of hydrogen-bond acceptors (Lipinski definition) is 3. The van der Waals surface area contributed by atoms with Crippen LogP contribution in [0.5, 0.6) is 0 Å². The Morgan fingerprint density at radius 3 is 2.50 bits per heavy atom. The lowest BCUT2D eigenvalue weighted by molar-refractivity contribution is 1.10. The van der Waals surface area contributed by atoms with Gasteiger partial charge in [-0.2, -0.15) is 0 Å². The molecule has 0 atom stereocenters. The number of aromatic amines is 1. The lowest BCUT2D eigenvalue weighted by Crippen LogP contribution is -1.87. The van der Waals surface area contributed by atoms with Crippen LogP contribution in [0.25, 0.3) is 0 Å². The van der Waals surface area contributed by atoms with E-state index < -0.39 is 0 Å². The van der Waals surface area contributed by atoms with Crippen molar-refractivity contribution >= 4 is 17.6 Å². The van der Waals surface area contributed by atoms with Crippen molar-refractivity contribution < 1.29 is 0 Å². The smallest absolute Gasteiger partial charge is 0.143 e. The molecule has 3 N–H and O–H groups in total. The standard InChI is InChI=1S/C12H15N3S/c1-7-4-5-10(6-8(7)2)16-12-11(13)14-9(3)15-12/h4-6H,13H2,1-3H3,(H,14,15). The van der Waals surface area contributed by atoms with Crippen LogP contribution in [0.1, 0.15) is 17.0 Å². The predicted molar refractivity (Wildman–Crippen MR) is 67.8 cm³/mol. The summed E-state index contributed by atoms with van der Waals surface area (Å²) in [5.74, 6) is 1.49. The second-order valence-electron chi connectivity index (χ2n) is 3.89. The van der Waals surface area contributed by atoms with Crippen LogP contribution in [-0.4, -0.2) is 9.97 Å². The number of imidazole rings is 1. The van der Waals surface area contributed by atoms with E-state index in [9.17, 15) is 0 Å². The number of nitrogens with one attached hydrogen (secondary N) is 1. The number of anilines is 1. The fraction of sp³-hybridized carbons (Fsp3) is 0.250. The minimum absolute atomic E-state index is 0.640. The predicted octanol–water partition coefficient (Wildman–Crippen LogP) is 3.07. The van der Waals surface area contributed by atoms with Gasteiger partial charge in [0.25, 0.3) is 0 Å². The summed E-state index contributed by atoms with van der Waals surface area (Å²) >= 11 is 1.59. The minimum atomic E-state index is 0.640. The number of nitrogen functional groups attached to an aromatic ring is 1. The van der Waals surface area contributed by atoms with E-state index in [1.807, 2.05) is 6.92 Å². The van der Waals surface area contributed by atoms with Crippen LogP contribution < -0.4 is 5.73 Å². The van der Waals surface area contributed by atoms with Gasteiger partial charge in [0.2, 0.25) is 0 Å². The number of H-pyrrole nitrogens is 1. The molecule has 0 unspecified atom stereocenters. The van der Waals surface area contributed by atoms with Gasteiger partial charge in [0.05, 0.1) is 0 Å². The van der Waals surface area contributed by atoms with Crippen molar-refractivity contribution in [3.05, 3.63) is 35.2 Å². The van der Waals surface area contributed by atoms with Crippen molar-refractivity contribution in [1.29, 1.82) is 0 Å². The number of nitrogens with zero attached hydrogens (tertiary/aromatic N) is 1. The Morgan fingerprint density at radius 2 is 1.94 bits per heavy atom. The maximum atomic E-state index is 5.82. The molecule has 2 aromatic rings. The molecule has 0 saturated heterocycles. The third kappa shape index (κ3) is 2.22. The lowest BCUT2D eigenvalue weighted by atomic mass is 10.1. The van der Waals surface area contributed by atoms with Crippen molar-refractivity contribution in [2.45, 2.75) is 30.7 Å². The van der Waals surface area contributed by atoms with Crippen LogP contribution in [0.4, 0.5) is 5.82 Å².